The Kier molecular flexibility index (Phi) is 4.81. The van der Waals surface area contributed by atoms with Gasteiger partial charge in [-0.25, -0.2) is 4.98 Å². The van der Waals surface area contributed by atoms with Gasteiger partial charge in [0.2, 0.25) is 5.91 Å². The molecule has 0 aliphatic heterocycles. The van der Waals surface area contributed by atoms with E-state index in [0.717, 1.165) is 16.2 Å². The molecule has 0 unspecified atom stereocenters. The van der Waals surface area contributed by atoms with Crippen LogP contribution in [0.2, 0.25) is 0 Å². The molecule has 1 heterocycles. The van der Waals surface area contributed by atoms with E-state index >= 15 is 0 Å². The summed E-state index contributed by atoms with van der Waals surface area (Å²) in [6.07, 6.45) is 0. The average Bonchev–Trinajstić information content (AvgIpc) is 2.91. The van der Waals surface area contributed by atoms with E-state index in [1.807, 2.05) is 17.0 Å². The maximum atomic E-state index is 12.5. The molecule has 2 aromatic carbocycles. The van der Waals surface area contributed by atoms with Crippen LogP contribution in [0.25, 0.3) is 21.8 Å². The molecule has 0 aliphatic carbocycles. The predicted octanol–water partition coefficient (Wildman–Crippen LogP) is 4.45. The summed E-state index contributed by atoms with van der Waals surface area (Å²) >= 11 is 1.47. The van der Waals surface area contributed by atoms with E-state index in [9.17, 15) is 4.79 Å². The van der Waals surface area contributed by atoms with Crippen molar-refractivity contribution < 1.29 is 4.79 Å². The van der Waals surface area contributed by atoms with Crippen molar-refractivity contribution in [2.24, 2.45) is 0 Å². The number of imidazole rings is 1. The summed E-state index contributed by atoms with van der Waals surface area (Å²) in [6, 6.07) is 12.9. The van der Waals surface area contributed by atoms with Gasteiger partial charge in [-0.15, -0.1) is 0 Å². The van der Waals surface area contributed by atoms with Crippen LogP contribution in [0.15, 0.2) is 41.6 Å². The monoisotopic (exact) mass is 341 g/mol. The molecular formula is C19H23N3OS. The molecule has 1 N–H and O–H groups in total. The van der Waals surface area contributed by atoms with Gasteiger partial charge in [-0.1, -0.05) is 36.0 Å². The third-order valence-corrected chi connectivity index (χ3v) is 4.92. The number of aromatic nitrogens is 2. The van der Waals surface area contributed by atoms with Crippen LogP contribution in [0.1, 0.15) is 27.7 Å². The molecule has 4 nitrogen and oxygen atoms in total. The van der Waals surface area contributed by atoms with Crippen LogP contribution >= 0.6 is 11.8 Å². The van der Waals surface area contributed by atoms with Crippen molar-refractivity contribution in [3.8, 4) is 0 Å². The van der Waals surface area contributed by atoms with Crippen molar-refractivity contribution in [3.63, 3.8) is 0 Å². The number of hydrogen-bond donors (Lipinski definition) is 1. The first-order chi connectivity index (χ1) is 11.5. The number of carbonyl (C=O) groups is 1. The lowest BCUT2D eigenvalue weighted by Gasteiger charge is -2.30. The van der Waals surface area contributed by atoms with Crippen LogP contribution in [0, 0.1) is 0 Å². The third-order valence-electron chi connectivity index (χ3n) is 4.06. The number of H-pyrrole nitrogens is 1. The Bertz CT molecular complexity index is 809. The highest BCUT2D eigenvalue weighted by atomic mass is 32.2. The van der Waals surface area contributed by atoms with Gasteiger partial charge in [0.1, 0.15) is 0 Å². The summed E-state index contributed by atoms with van der Waals surface area (Å²) < 4.78 is 0. The number of fused-ring (bicyclic) bond motifs is 2. The molecule has 3 aromatic rings. The van der Waals surface area contributed by atoms with Gasteiger partial charge in [-0.2, -0.15) is 0 Å². The van der Waals surface area contributed by atoms with Crippen molar-refractivity contribution in [1.82, 2.24) is 14.9 Å². The van der Waals surface area contributed by atoms with E-state index in [4.69, 9.17) is 0 Å². The molecule has 0 fully saturated rings. The van der Waals surface area contributed by atoms with Crippen LogP contribution in [0.4, 0.5) is 0 Å². The van der Waals surface area contributed by atoms with E-state index in [1.165, 1.54) is 22.5 Å². The van der Waals surface area contributed by atoms with E-state index in [0.29, 0.717) is 5.75 Å². The number of nitrogens with zero attached hydrogens (tertiary/aromatic N) is 2. The van der Waals surface area contributed by atoms with Crippen LogP contribution in [0.5, 0.6) is 0 Å². The third kappa shape index (κ3) is 3.41. The lowest BCUT2D eigenvalue weighted by atomic mass is 10.1. The Hall–Kier alpha value is -2.01. The first-order valence-corrected chi connectivity index (χ1v) is 9.26. The zero-order valence-corrected chi connectivity index (χ0v) is 15.4. The van der Waals surface area contributed by atoms with Crippen molar-refractivity contribution in [2.75, 3.05) is 5.75 Å². The van der Waals surface area contributed by atoms with Crippen molar-refractivity contribution in [2.45, 2.75) is 44.9 Å². The first kappa shape index (κ1) is 16.8. The normalized spacial score (nSPS) is 11.8. The number of carbonyl (C=O) groups excluding carboxylic acids is 1. The maximum Gasteiger partial charge on any atom is 0.233 e. The fourth-order valence-corrected chi connectivity index (χ4v) is 3.87. The standard InChI is InChI=1S/C19H23N3OS/c1-12(2)22(13(3)4)18(23)11-24-19-20-16-9-14-7-5-6-8-15(14)10-17(16)21-19/h5-10,12-13H,11H2,1-4H3,(H,20,21). The quantitative estimate of drug-likeness (QED) is 0.697. The van der Waals surface area contributed by atoms with E-state index in [-0.39, 0.29) is 18.0 Å². The number of amides is 1. The SMILES string of the molecule is CC(C)N(C(=O)CSc1nc2cc3ccccc3cc2[nH]1)C(C)C. The van der Waals surface area contributed by atoms with Crippen molar-refractivity contribution >= 4 is 39.5 Å². The molecule has 1 aromatic heterocycles. The zero-order chi connectivity index (χ0) is 17.3. The summed E-state index contributed by atoms with van der Waals surface area (Å²) in [4.78, 5) is 22.3. The number of rotatable bonds is 5. The van der Waals surface area contributed by atoms with Gasteiger partial charge < -0.3 is 9.88 Å². The van der Waals surface area contributed by atoms with Gasteiger partial charge in [0, 0.05) is 12.1 Å². The van der Waals surface area contributed by atoms with E-state index in [2.05, 4.69) is 61.9 Å². The second-order valence-electron chi connectivity index (χ2n) is 6.54. The van der Waals surface area contributed by atoms with E-state index < -0.39 is 0 Å². The number of aromatic amines is 1. The van der Waals surface area contributed by atoms with Crippen LogP contribution in [-0.4, -0.2) is 38.6 Å². The Balaban J connectivity index is 1.78. The van der Waals surface area contributed by atoms with Gasteiger partial charge >= 0.3 is 0 Å². The molecule has 0 bridgehead atoms. The topological polar surface area (TPSA) is 49.0 Å². The van der Waals surface area contributed by atoms with Crippen LogP contribution < -0.4 is 0 Å². The minimum absolute atomic E-state index is 0.149. The molecule has 126 valence electrons. The molecule has 3 rings (SSSR count). The highest BCUT2D eigenvalue weighted by Gasteiger charge is 2.20. The molecule has 0 saturated heterocycles. The first-order valence-electron chi connectivity index (χ1n) is 8.28. The van der Waals surface area contributed by atoms with Gasteiger partial charge in [0.15, 0.2) is 5.16 Å². The van der Waals surface area contributed by atoms with Gasteiger partial charge in [-0.3, -0.25) is 4.79 Å². The Morgan fingerprint density at radius 2 is 1.75 bits per heavy atom. The fraction of sp³-hybridized carbons (Fsp3) is 0.368. The zero-order valence-electron chi connectivity index (χ0n) is 14.5. The summed E-state index contributed by atoms with van der Waals surface area (Å²) in [5.41, 5.74) is 1.95. The second kappa shape index (κ2) is 6.85. The smallest absolute Gasteiger partial charge is 0.233 e. The molecule has 0 aliphatic rings. The molecular weight excluding hydrogens is 318 g/mol. The fourth-order valence-electron chi connectivity index (χ4n) is 3.12. The van der Waals surface area contributed by atoms with Crippen LogP contribution in [-0.2, 0) is 4.79 Å². The molecule has 0 saturated carbocycles. The molecule has 0 spiro atoms. The van der Waals surface area contributed by atoms with E-state index in [1.54, 1.807) is 0 Å². The lowest BCUT2D eigenvalue weighted by molar-refractivity contribution is -0.131. The maximum absolute atomic E-state index is 12.5. The molecule has 0 atom stereocenters. The average molecular weight is 341 g/mol. The largest absolute Gasteiger partial charge is 0.337 e. The summed E-state index contributed by atoms with van der Waals surface area (Å²) in [6.45, 7) is 8.20. The molecule has 0 radical (unpaired) electrons. The number of thioether (sulfide) groups is 1. The second-order valence-corrected chi connectivity index (χ2v) is 7.50. The van der Waals surface area contributed by atoms with Crippen LogP contribution in [0.3, 0.4) is 0 Å². The number of hydrogen-bond acceptors (Lipinski definition) is 3. The summed E-state index contributed by atoms with van der Waals surface area (Å²) in [5.74, 6) is 0.547. The van der Waals surface area contributed by atoms with Crippen molar-refractivity contribution in [1.29, 1.82) is 0 Å². The minimum atomic E-state index is 0.149. The van der Waals surface area contributed by atoms with Gasteiger partial charge in [0.25, 0.3) is 0 Å². The summed E-state index contributed by atoms with van der Waals surface area (Å²) in [7, 11) is 0. The minimum Gasteiger partial charge on any atom is -0.337 e. The Morgan fingerprint density at radius 1 is 1.12 bits per heavy atom. The Labute approximate surface area is 146 Å². The number of benzene rings is 2. The number of nitrogens with one attached hydrogen (secondary N) is 1. The lowest BCUT2D eigenvalue weighted by Crippen LogP contribution is -2.43. The predicted molar refractivity (Wildman–Crippen MR) is 101 cm³/mol. The highest BCUT2D eigenvalue weighted by molar-refractivity contribution is 7.99. The molecule has 5 heteroatoms. The summed E-state index contributed by atoms with van der Waals surface area (Å²) in [5, 5.41) is 3.16. The molecule has 1 amide bonds. The Morgan fingerprint density at radius 3 is 2.38 bits per heavy atom. The van der Waals surface area contributed by atoms with Gasteiger partial charge in [0.05, 0.1) is 16.8 Å². The van der Waals surface area contributed by atoms with Gasteiger partial charge in [-0.05, 0) is 50.6 Å². The van der Waals surface area contributed by atoms with Crippen molar-refractivity contribution in [3.05, 3.63) is 36.4 Å². The highest BCUT2D eigenvalue weighted by Crippen LogP contribution is 2.25. The molecule has 24 heavy (non-hydrogen) atoms.